The van der Waals surface area contributed by atoms with Gasteiger partial charge in [-0.15, -0.1) is 0 Å². The Labute approximate surface area is 88.9 Å². The minimum Gasteiger partial charge on any atom is -0.397 e. The molecule has 2 aromatic heterocycles. The van der Waals surface area contributed by atoms with E-state index < -0.39 is 0 Å². The molecule has 0 bridgehead atoms. The summed E-state index contributed by atoms with van der Waals surface area (Å²) >= 11 is 0. The van der Waals surface area contributed by atoms with E-state index >= 15 is 0 Å². The Morgan fingerprint density at radius 2 is 1.87 bits per heavy atom. The van der Waals surface area contributed by atoms with Gasteiger partial charge in [0.25, 0.3) is 0 Å². The van der Waals surface area contributed by atoms with Crippen LogP contribution in [-0.2, 0) is 5.54 Å². The molecule has 2 rings (SSSR count). The Morgan fingerprint density at radius 1 is 1.20 bits per heavy atom. The van der Waals surface area contributed by atoms with Crippen LogP contribution in [0, 0.1) is 0 Å². The predicted molar refractivity (Wildman–Crippen MR) is 63.6 cm³/mol. The Balaban J connectivity index is 2.81. The van der Waals surface area contributed by atoms with E-state index in [0.29, 0.717) is 5.82 Å². The molecule has 0 aliphatic carbocycles. The molecule has 4 heteroatoms. The number of nitrogens with zero attached hydrogens (tertiary/aromatic N) is 2. The highest BCUT2D eigenvalue weighted by Gasteiger charge is 2.18. The molecule has 0 aliphatic rings. The van der Waals surface area contributed by atoms with E-state index in [1.807, 2.05) is 16.8 Å². The molecule has 0 aromatic carbocycles. The van der Waals surface area contributed by atoms with Crippen molar-refractivity contribution in [2.45, 2.75) is 26.3 Å². The van der Waals surface area contributed by atoms with Crippen LogP contribution in [0.1, 0.15) is 20.8 Å². The van der Waals surface area contributed by atoms with Crippen molar-refractivity contribution < 1.29 is 0 Å². The summed E-state index contributed by atoms with van der Waals surface area (Å²) in [4.78, 5) is 4.32. The zero-order valence-electron chi connectivity index (χ0n) is 9.28. The molecular weight excluding hydrogens is 188 g/mol. The fraction of sp³-hybridized carbons (Fsp3) is 0.364. The molecule has 15 heavy (non-hydrogen) atoms. The van der Waals surface area contributed by atoms with Crippen molar-refractivity contribution in [2.24, 2.45) is 0 Å². The molecule has 0 aliphatic heterocycles. The first-order valence-electron chi connectivity index (χ1n) is 4.93. The molecule has 0 atom stereocenters. The molecule has 0 fully saturated rings. The average molecular weight is 204 g/mol. The monoisotopic (exact) mass is 204 g/mol. The number of rotatable bonds is 0. The van der Waals surface area contributed by atoms with Crippen LogP contribution < -0.4 is 11.5 Å². The Morgan fingerprint density at radius 3 is 2.47 bits per heavy atom. The van der Waals surface area contributed by atoms with Crippen molar-refractivity contribution in [3.05, 3.63) is 18.3 Å². The summed E-state index contributed by atoms with van der Waals surface area (Å²) in [7, 11) is 0. The molecular formula is C11H16N4. The Bertz CT molecular complexity index is 505. The molecule has 4 nitrogen and oxygen atoms in total. The fourth-order valence-corrected chi connectivity index (χ4v) is 1.65. The van der Waals surface area contributed by atoms with E-state index in [9.17, 15) is 0 Å². The number of anilines is 2. The Kier molecular flexibility index (Phi) is 1.89. The van der Waals surface area contributed by atoms with Gasteiger partial charge in [0.2, 0.25) is 0 Å². The topological polar surface area (TPSA) is 69.9 Å². The van der Waals surface area contributed by atoms with Crippen LogP contribution >= 0.6 is 0 Å². The summed E-state index contributed by atoms with van der Waals surface area (Å²) in [6, 6.07) is 3.68. The minimum atomic E-state index is -0.0450. The number of pyridine rings is 1. The lowest BCUT2D eigenvalue weighted by molar-refractivity contribution is 0.409. The van der Waals surface area contributed by atoms with E-state index in [4.69, 9.17) is 11.5 Å². The third-order valence-corrected chi connectivity index (χ3v) is 2.43. The van der Waals surface area contributed by atoms with Crippen molar-refractivity contribution in [3.63, 3.8) is 0 Å². The summed E-state index contributed by atoms with van der Waals surface area (Å²) in [6.45, 7) is 6.32. The first kappa shape index (κ1) is 9.83. The zero-order valence-corrected chi connectivity index (χ0v) is 9.28. The third kappa shape index (κ3) is 1.52. The third-order valence-electron chi connectivity index (χ3n) is 2.43. The van der Waals surface area contributed by atoms with Crippen molar-refractivity contribution in [3.8, 4) is 0 Å². The molecule has 4 N–H and O–H groups in total. The number of hydrogen-bond donors (Lipinski definition) is 2. The molecule has 0 amide bonds. The first-order valence-corrected chi connectivity index (χ1v) is 4.93. The molecule has 0 unspecified atom stereocenters. The van der Waals surface area contributed by atoms with Crippen LogP contribution in [0.4, 0.5) is 11.5 Å². The standard InChI is InChI=1S/C11H16N4/c1-11(2,3)15-6-8(12)7-4-5-9(13)14-10(7)15/h4-6H,12H2,1-3H3,(H2,13,14). The number of fused-ring (bicyclic) bond motifs is 1. The number of aromatic nitrogens is 2. The van der Waals surface area contributed by atoms with E-state index in [1.165, 1.54) is 0 Å². The number of nitrogen functional groups attached to an aromatic ring is 2. The van der Waals surface area contributed by atoms with Gasteiger partial charge in [-0.1, -0.05) is 0 Å². The smallest absolute Gasteiger partial charge is 0.144 e. The zero-order chi connectivity index (χ0) is 11.2. The van der Waals surface area contributed by atoms with Crippen LogP contribution in [0.5, 0.6) is 0 Å². The lowest BCUT2D eigenvalue weighted by Crippen LogP contribution is -2.21. The molecule has 0 saturated carbocycles. The summed E-state index contributed by atoms with van der Waals surface area (Å²) in [5.74, 6) is 0.520. The van der Waals surface area contributed by atoms with Gasteiger partial charge in [-0.2, -0.15) is 0 Å². The normalized spacial score (nSPS) is 12.2. The van der Waals surface area contributed by atoms with Crippen molar-refractivity contribution in [1.82, 2.24) is 9.55 Å². The molecule has 0 saturated heterocycles. The quantitative estimate of drug-likeness (QED) is 0.689. The van der Waals surface area contributed by atoms with E-state index in [-0.39, 0.29) is 5.54 Å². The molecule has 2 heterocycles. The van der Waals surface area contributed by atoms with Gasteiger partial charge in [0.15, 0.2) is 0 Å². The second-order valence-corrected chi connectivity index (χ2v) is 4.73. The Hall–Kier alpha value is -1.71. The average Bonchev–Trinajstić information content (AvgIpc) is 2.42. The van der Waals surface area contributed by atoms with Gasteiger partial charge in [0.1, 0.15) is 11.5 Å². The van der Waals surface area contributed by atoms with Gasteiger partial charge in [-0.25, -0.2) is 4.98 Å². The van der Waals surface area contributed by atoms with Crippen LogP contribution in [0.2, 0.25) is 0 Å². The highest BCUT2D eigenvalue weighted by atomic mass is 15.1. The van der Waals surface area contributed by atoms with Crippen LogP contribution in [0.15, 0.2) is 18.3 Å². The van der Waals surface area contributed by atoms with Crippen molar-refractivity contribution in [2.75, 3.05) is 11.5 Å². The summed E-state index contributed by atoms with van der Waals surface area (Å²) in [5, 5.41) is 0.958. The maximum absolute atomic E-state index is 5.92. The summed E-state index contributed by atoms with van der Waals surface area (Å²) in [6.07, 6.45) is 1.91. The first-order chi connectivity index (χ1) is 6.89. The lowest BCUT2D eigenvalue weighted by Gasteiger charge is -2.21. The van der Waals surface area contributed by atoms with Gasteiger partial charge in [-0.05, 0) is 32.9 Å². The van der Waals surface area contributed by atoms with Crippen molar-refractivity contribution >= 4 is 22.5 Å². The molecule has 0 radical (unpaired) electrons. The van der Waals surface area contributed by atoms with Gasteiger partial charge in [-0.3, -0.25) is 0 Å². The van der Waals surface area contributed by atoms with E-state index in [1.54, 1.807) is 6.07 Å². The number of hydrogen-bond acceptors (Lipinski definition) is 3. The van der Waals surface area contributed by atoms with Crippen LogP contribution in [-0.4, -0.2) is 9.55 Å². The van der Waals surface area contributed by atoms with Gasteiger partial charge < -0.3 is 16.0 Å². The van der Waals surface area contributed by atoms with Gasteiger partial charge >= 0.3 is 0 Å². The second kappa shape index (κ2) is 2.89. The predicted octanol–water partition coefficient (Wildman–Crippen LogP) is 1.96. The molecule has 80 valence electrons. The summed E-state index contributed by atoms with van der Waals surface area (Å²) < 4.78 is 2.05. The molecule has 2 aromatic rings. The SMILES string of the molecule is CC(C)(C)n1cc(N)c2ccc(N)nc21. The van der Waals surface area contributed by atoms with Crippen LogP contribution in [0.3, 0.4) is 0 Å². The maximum atomic E-state index is 5.92. The maximum Gasteiger partial charge on any atom is 0.144 e. The lowest BCUT2D eigenvalue weighted by atomic mass is 10.1. The minimum absolute atomic E-state index is 0.0450. The molecule has 0 spiro atoms. The van der Waals surface area contributed by atoms with Crippen molar-refractivity contribution in [1.29, 1.82) is 0 Å². The largest absolute Gasteiger partial charge is 0.397 e. The van der Waals surface area contributed by atoms with Gasteiger partial charge in [0, 0.05) is 17.1 Å². The highest BCUT2D eigenvalue weighted by molar-refractivity contribution is 5.90. The van der Waals surface area contributed by atoms with E-state index in [0.717, 1.165) is 16.7 Å². The number of nitrogens with two attached hydrogens (primary N) is 2. The van der Waals surface area contributed by atoms with Crippen LogP contribution in [0.25, 0.3) is 11.0 Å². The van der Waals surface area contributed by atoms with Gasteiger partial charge in [0.05, 0.1) is 5.69 Å². The fourth-order valence-electron chi connectivity index (χ4n) is 1.65. The second-order valence-electron chi connectivity index (χ2n) is 4.73. The summed E-state index contributed by atoms with van der Waals surface area (Å²) in [5.41, 5.74) is 13.1. The highest BCUT2D eigenvalue weighted by Crippen LogP contribution is 2.28. The van der Waals surface area contributed by atoms with E-state index in [2.05, 4.69) is 25.8 Å².